The number of ether oxygens (including phenoxy) is 1. The number of alkyl halides is 3. The van der Waals surface area contributed by atoms with Gasteiger partial charge in [-0.3, -0.25) is 9.78 Å². The number of carbonyl (C=O) groups excluding carboxylic acids is 1. The molecule has 0 aliphatic heterocycles. The van der Waals surface area contributed by atoms with Crippen LogP contribution in [-0.2, 0) is 15.7 Å². The van der Waals surface area contributed by atoms with Crippen LogP contribution in [0.15, 0.2) is 23.4 Å². The maximum atomic E-state index is 12.6. The summed E-state index contributed by atoms with van der Waals surface area (Å²) in [6.07, 6.45) is -2.29. The monoisotopic (exact) mass is 265 g/mol. The SMILES string of the molecule is COC(=O)CCSc1ccncc1C(F)(F)F. The highest BCUT2D eigenvalue weighted by molar-refractivity contribution is 7.99. The van der Waals surface area contributed by atoms with Crippen LogP contribution in [-0.4, -0.2) is 23.8 Å². The van der Waals surface area contributed by atoms with E-state index in [1.165, 1.54) is 19.4 Å². The lowest BCUT2D eigenvalue weighted by molar-refractivity contribution is -0.140. The average molecular weight is 265 g/mol. The fraction of sp³-hybridized carbons (Fsp3) is 0.400. The highest BCUT2D eigenvalue weighted by Gasteiger charge is 2.33. The molecule has 0 aromatic carbocycles. The van der Waals surface area contributed by atoms with Crippen molar-refractivity contribution in [2.75, 3.05) is 12.9 Å². The molecule has 3 nitrogen and oxygen atoms in total. The van der Waals surface area contributed by atoms with Gasteiger partial charge in [0.2, 0.25) is 0 Å². The van der Waals surface area contributed by atoms with E-state index < -0.39 is 17.7 Å². The van der Waals surface area contributed by atoms with Crippen LogP contribution in [0.25, 0.3) is 0 Å². The van der Waals surface area contributed by atoms with Crippen molar-refractivity contribution in [2.24, 2.45) is 0 Å². The summed E-state index contributed by atoms with van der Waals surface area (Å²) in [5.74, 6) is -0.208. The Kier molecular flexibility index (Phi) is 4.80. The molecule has 1 rings (SSSR count). The first kappa shape index (κ1) is 13.8. The molecular weight excluding hydrogens is 255 g/mol. The van der Waals surface area contributed by atoms with Gasteiger partial charge in [0.05, 0.1) is 19.1 Å². The van der Waals surface area contributed by atoms with Crippen LogP contribution in [0.5, 0.6) is 0 Å². The van der Waals surface area contributed by atoms with Gasteiger partial charge in [-0.25, -0.2) is 0 Å². The van der Waals surface area contributed by atoms with Gasteiger partial charge in [0, 0.05) is 23.0 Å². The van der Waals surface area contributed by atoms with Crippen molar-refractivity contribution in [1.29, 1.82) is 0 Å². The number of methoxy groups -OCH3 is 1. The molecule has 0 fully saturated rings. The summed E-state index contributed by atoms with van der Waals surface area (Å²) in [7, 11) is 1.24. The number of esters is 1. The number of carbonyl (C=O) groups is 1. The molecule has 0 saturated carbocycles. The molecule has 1 heterocycles. The molecule has 0 bridgehead atoms. The van der Waals surface area contributed by atoms with Gasteiger partial charge in [0.25, 0.3) is 0 Å². The molecule has 1 aromatic heterocycles. The third-order valence-electron chi connectivity index (χ3n) is 1.88. The van der Waals surface area contributed by atoms with Crippen LogP contribution in [0, 0.1) is 0 Å². The van der Waals surface area contributed by atoms with E-state index in [1.807, 2.05) is 0 Å². The third-order valence-corrected chi connectivity index (χ3v) is 2.95. The zero-order chi connectivity index (χ0) is 12.9. The van der Waals surface area contributed by atoms with Gasteiger partial charge in [-0.1, -0.05) is 0 Å². The van der Waals surface area contributed by atoms with Crippen molar-refractivity contribution in [3.05, 3.63) is 24.0 Å². The first-order valence-corrected chi connectivity index (χ1v) is 5.64. The molecule has 0 unspecified atom stereocenters. The van der Waals surface area contributed by atoms with Gasteiger partial charge < -0.3 is 4.74 Å². The number of hydrogen-bond donors (Lipinski definition) is 0. The summed E-state index contributed by atoms with van der Waals surface area (Å²) in [6, 6.07) is 1.28. The van der Waals surface area contributed by atoms with Crippen LogP contribution >= 0.6 is 11.8 Å². The summed E-state index contributed by atoms with van der Waals surface area (Å²) >= 11 is 0.957. The van der Waals surface area contributed by atoms with E-state index in [9.17, 15) is 18.0 Å². The topological polar surface area (TPSA) is 39.2 Å². The second-order valence-corrected chi connectivity index (χ2v) is 4.18. The van der Waals surface area contributed by atoms with Gasteiger partial charge in [-0.2, -0.15) is 13.2 Å². The van der Waals surface area contributed by atoms with Gasteiger partial charge in [0.15, 0.2) is 0 Å². The van der Waals surface area contributed by atoms with Crippen LogP contribution in [0.2, 0.25) is 0 Å². The molecule has 7 heteroatoms. The molecule has 0 amide bonds. The summed E-state index contributed by atoms with van der Waals surface area (Å²) in [4.78, 5) is 14.3. The van der Waals surface area contributed by atoms with Crippen LogP contribution < -0.4 is 0 Å². The Morgan fingerprint density at radius 3 is 2.82 bits per heavy atom. The molecule has 0 aliphatic rings. The Labute approximate surface area is 100 Å². The highest BCUT2D eigenvalue weighted by atomic mass is 32.2. The van der Waals surface area contributed by atoms with E-state index in [-0.39, 0.29) is 17.1 Å². The number of hydrogen-bond acceptors (Lipinski definition) is 4. The minimum absolute atomic E-state index is 0.0661. The minimum atomic E-state index is -4.43. The number of rotatable bonds is 4. The molecule has 0 radical (unpaired) electrons. The summed E-state index contributed by atoms with van der Waals surface area (Å²) in [5, 5.41) is 0. The Balaban J connectivity index is 2.68. The number of nitrogens with zero attached hydrogens (tertiary/aromatic N) is 1. The van der Waals surface area contributed by atoms with Crippen LogP contribution in [0.1, 0.15) is 12.0 Å². The quantitative estimate of drug-likeness (QED) is 0.620. The van der Waals surface area contributed by atoms with E-state index in [1.54, 1.807) is 0 Å². The van der Waals surface area contributed by atoms with E-state index in [2.05, 4.69) is 9.72 Å². The Morgan fingerprint density at radius 1 is 1.53 bits per heavy atom. The lowest BCUT2D eigenvalue weighted by Gasteiger charge is -2.10. The van der Waals surface area contributed by atoms with Crippen molar-refractivity contribution < 1.29 is 22.7 Å². The lowest BCUT2D eigenvalue weighted by atomic mass is 10.3. The fourth-order valence-electron chi connectivity index (χ4n) is 1.07. The largest absolute Gasteiger partial charge is 0.469 e. The normalized spacial score (nSPS) is 11.3. The fourth-order valence-corrected chi connectivity index (χ4v) is 2.04. The van der Waals surface area contributed by atoms with Crippen molar-refractivity contribution in [3.63, 3.8) is 0 Å². The summed E-state index contributed by atoms with van der Waals surface area (Å²) < 4.78 is 42.1. The second kappa shape index (κ2) is 5.90. The zero-order valence-corrected chi connectivity index (χ0v) is 9.77. The molecule has 0 aliphatic carbocycles. The molecular formula is C10H10F3NO2S. The van der Waals surface area contributed by atoms with Gasteiger partial charge >= 0.3 is 12.1 Å². The van der Waals surface area contributed by atoms with Crippen LogP contribution in [0.4, 0.5) is 13.2 Å². The van der Waals surface area contributed by atoms with E-state index in [4.69, 9.17) is 0 Å². The number of halogens is 3. The van der Waals surface area contributed by atoms with Crippen molar-refractivity contribution in [3.8, 4) is 0 Å². The minimum Gasteiger partial charge on any atom is -0.469 e. The Hall–Kier alpha value is -1.24. The molecule has 17 heavy (non-hydrogen) atoms. The van der Waals surface area contributed by atoms with Crippen LogP contribution in [0.3, 0.4) is 0 Å². The van der Waals surface area contributed by atoms with Gasteiger partial charge in [-0.15, -0.1) is 11.8 Å². The maximum Gasteiger partial charge on any atom is 0.418 e. The number of aromatic nitrogens is 1. The average Bonchev–Trinajstić information content (AvgIpc) is 2.28. The van der Waals surface area contributed by atoms with E-state index in [0.29, 0.717) is 0 Å². The maximum absolute atomic E-state index is 12.6. The molecule has 1 aromatic rings. The predicted octanol–water partition coefficient (Wildman–Crippen LogP) is 2.76. The van der Waals surface area contributed by atoms with Crippen molar-refractivity contribution >= 4 is 17.7 Å². The third kappa shape index (κ3) is 4.26. The molecule has 94 valence electrons. The van der Waals surface area contributed by atoms with E-state index >= 15 is 0 Å². The van der Waals surface area contributed by atoms with E-state index in [0.717, 1.165) is 18.0 Å². The smallest absolute Gasteiger partial charge is 0.418 e. The first-order valence-electron chi connectivity index (χ1n) is 4.66. The van der Waals surface area contributed by atoms with Gasteiger partial charge in [0.1, 0.15) is 0 Å². The zero-order valence-electron chi connectivity index (χ0n) is 8.95. The van der Waals surface area contributed by atoms with Crippen molar-refractivity contribution in [2.45, 2.75) is 17.5 Å². The Morgan fingerprint density at radius 2 is 2.24 bits per heavy atom. The second-order valence-electron chi connectivity index (χ2n) is 3.04. The molecule has 0 N–H and O–H groups in total. The highest BCUT2D eigenvalue weighted by Crippen LogP contribution is 2.36. The lowest BCUT2D eigenvalue weighted by Crippen LogP contribution is -2.08. The van der Waals surface area contributed by atoms with Crippen molar-refractivity contribution in [1.82, 2.24) is 4.98 Å². The van der Waals surface area contributed by atoms with Gasteiger partial charge in [-0.05, 0) is 6.07 Å². The number of pyridine rings is 1. The number of thioether (sulfide) groups is 1. The molecule has 0 saturated heterocycles. The molecule has 0 spiro atoms. The summed E-state index contributed by atoms with van der Waals surface area (Å²) in [6.45, 7) is 0. The predicted molar refractivity (Wildman–Crippen MR) is 56.6 cm³/mol. The standard InChI is InChI=1S/C10H10F3NO2S/c1-16-9(15)3-5-17-8-2-4-14-6-7(8)10(11,12)13/h2,4,6H,3,5H2,1H3. The first-order chi connectivity index (χ1) is 7.95. The molecule has 0 atom stereocenters. The summed E-state index contributed by atoms with van der Waals surface area (Å²) in [5.41, 5.74) is -0.783. The Bertz CT molecular complexity index is 395.